The molecule has 0 spiro atoms. The number of carbonyl (C=O) groups excluding carboxylic acids is 2. The van der Waals surface area contributed by atoms with Gasteiger partial charge in [-0.2, -0.15) is 0 Å². The van der Waals surface area contributed by atoms with Crippen molar-refractivity contribution in [3.05, 3.63) is 65.5 Å². The van der Waals surface area contributed by atoms with Gasteiger partial charge in [-0.05, 0) is 36.4 Å². The molecular weight excluding hydrogens is 271 g/mol. The van der Waals surface area contributed by atoms with Crippen molar-refractivity contribution < 1.29 is 14.0 Å². The minimum absolute atomic E-state index is 0.267. The standard InChI is InChI=1S/C16H13FN2O2/c17-11-5-7-12(8-6-11)18-9-10-19-15(20)13-3-1-2-4-14(13)16(19)21/h1-8,18H,9-10H2. The Morgan fingerprint density at radius 3 is 2.05 bits per heavy atom. The summed E-state index contributed by atoms with van der Waals surface area (Å²) >= 11 is 0. The number of nitrogens with one attached hydrogen (secondary N) is 1. The topological polar surface area (TPSA) is 49.4 Å². The zero-order valence-electron chi connectivity index (χ0n) is 11.2. The quantitative estimate of drug-likeness (QED) is 0.878. The van der Waals surface area contributed by atoms with Gasteiger partial charge in [0.15, 0.2) is 0 Å². The number of imide groups is 1. The molecule has 2 aromatic rings. The fourth-order valence-corrected chi connectivity index (χ4v) is 2.32. The van der Waals surface area contributed by atoms with Crippen LogP contribution in [0.3, 0.4) is 0 Å². The molecule has 2 aromatic carbocycles. The number of amides is 2. The number of fused-ring (bicyclic) bond motifs is 1. The van der Waals surface area contributed by atoms with Crippen LogP contribution in [-0.2, 0) is 0 Å². The molecule has 3 rings (SSSR count). The van der Waals surface area contributed by atoms with Gasteiger partial charge in [0.05, 0.1) is 11.1 Å². The van der Waals surface area contributed by atoms with Gasteiger partial charge in [0, 0.05) is 18.8 Å². The van der Waals surface area contributed by atoms with E-state index in [0.29, 0.717) is 17.7 Å². The van der Waals surface area contributed by atoms with Gasteiger partial charge in [0.2, 0.25) is 0 Å². The Bertz CT molecular complexity index is 663. The van der Waals surface area contributed by atoms with Crippen LogP contribution in [0.1, 0.15) is 20.7 Å². The van der Waals surface area contributed by atoms with Crippen molar-refractivity contribution >= 4 is 17.5 Å². The van der Waals surface area contributed by atoms with Gasteiger partial charge < -0.3 is 5.32 Å². The molecule has 2 amide bonds. The highest BCUT2D eigenvalue weighted by Crippen LogP contribution is 2.21. The average molecular weight is 284 g/mol. The van der Waals surface area contributed by atoms with Crippen molar-refractivity contribution in [3.63, 3.8) is 0 Å². The zero-order valence-corrected chi connectivity index (χ0v) is 11.2. The molecule has 0 unspecified atom stereocenters. The van der Waals surface area contributed by atoms with Crippen LogP contribution in [0.15, 0.2) is 48.5 Å². The van der Waals surface area contributed by atoms with Crippen LogP contribution in [0.5, 0.6) is 0 Å². The molecule has 0 saturated carbocycles. The SMILES string of the molecule is O=C1c2ccccc2C(=O)N1CCNc1ccc(F)cc1. The predicted octanol–water partition coefficient (Wildman–Crippen LogP) is 2.53. The van der Waals surface area contributed by atoms with Crippen molar-refractivity contribution in [1.82, 2.24) is 4.90 Å². The average Bonchev–Trinajstić information content (AvgIpc) is 2.75. The summed E-state index contributed by atoms with van der Waals surface area (Å²) in [5.74, 6) is -0.839. The number of rotatable bonds is 4. The first kappa shape index (κ1) is 13.3. The lowest BCUT2D eigenvalue weighted by Gasteiger charge is -2.14. The highest BCUT2D eigenvalue weighted by atomic mass is 19.1. The minimum Gasteiger partial charge on any atom is -0.383 e. The monoisotopic (exact) mass is 284 g/mol. The fraction of sp³-hybridized carbons (Fsp3) is 0.125. The van der Waals surface area contributed by atoms with E-state index >= 15 is 0 Å². The summed E-state index contributed by atoms with van der Waals surface area (Å²) in [5.41, 5.74) is 1.64. The lowest BCUT2D eigenvalue weighted by atomic mass is 10.1. The normalized spacial score (nSPS) is 13.5. The van der Waals surface area contributed by atoms with Crippen LogP contribution in [-0.4, -0.2) is 29.8 Å². The van der Waals surface area contributed by atoms with Crippen molar-refractivity contribution in [1.29, 1.82) is 0 Å². The lowest BCUT2D eigenvalue weighted by Crippen LogP contribution is -2.34. The molecule has 1 aliphatic rings. The first-order chi connectivity index (χ1) is 10.2. The molecule has 0 saturated heterocycles. The number of carbonyl (C=O) groups is 2. The highest BCUT2D eigenvalue weighted by molar-refractivity contribution is 6.21. The summed E-state index contributed by atoms with van der Waals surface area (Å²) in [5, 5.41) is 3.05. The zero-order chi connectivity index (χ0) is 14.8. The van der Waals surface area contributed by atoms with Gasteiger partial charge in [-0.3, -0.25) is 14.5 Å². The molecule has 5 heteroatoms. The first-order valence-corrected chi connectivity index (χ1v) is 6.61. The molecule has 0 atom stereocenters. The molecule has 4 nitrogen and oxygen atoms in total. The van der Waals surface area contributed by atoms with Crippen molar-refractivity contribution in [2.24, 2.45) is 0 Å². The number of nitrogens with zero attached hydrogens (tertiary/aromatic N) is 1. The summed E-state index contributed by atoms with van der Waals surface area (Å²) in [4.78, 5) is 25.5. The van der Waals surface area contributed by atoms with Crippen LogP contribution in [0.4, 0.5) is 10.1 Å². The molecular formula is C16H13FN2O2. The maximum atomic E-state index is 12.8. The second-order valence-electron chi connectivity index (χ2n) is 4.74. The van der Waals surface area contributed by atoms with E-state index in [-0.39, 0.29) is 24.2 Å². The number of benzene rings is 2. The minimum atomic E-state index is -0.305. The Kier molecular flexibility index (Phi) is 3.39. The van der Waals surface area contributed by atoms with Crippen LogP contribution >= 0.6 is 0 Å². The van der Waals surface area contributed by atoms with E-state index in [1.54, 1.807) is 36.4 Å². The molecule has 106 valence electrons. The van der Waals surface area contributed by atoms with E-state index in [0.717, 1.165) is 5.69 Å². The first-order valence-electron chi connectivity index (χ1n) is 6.61. The number of hydrogen-bond acceptors (Lipinski definition) is 3. The second kappa shape index (κ2) is 5.36. The van der Waals surface area contributed by atoms with E-state index in [2.05, 4.69) is 5.32 Å². The summed E-state index contributed by atoms with van der Waals surface area (Å²) in [6.45, 7) is 0.681. The predicted molar refractivity (Wildman–Crippen MR) is 76.7 cm³/mol. The van der Waals surface area contributed by atoms with Crippen LogP contribution in [0, 0.1) is 5.82 Å². The van der Waals surface area contributed by atoms with Crippen molar-refractivity contribution in [2.75, 3.05) is 18.4 Å². The molecule has 0 radical (unpaired) electrons. The summed E-state index contributed by atoms with van der Waals surface area (Å²) in [6.07, 6.45) is 0. The molecule has 21 heavy (non-hydrogen) atoms. The van der Waals surface area contributed by atoms with Gasteiger partial charge in [-0.25, -0.2) is 4.39 Å². The summed E-state index contributed by atoms with van der Waals surface area (Å²) in [7, 11) is 0. The maximum Gasteiger partial charge on any atom is 0.261 e. The largest absolute Gasteiger partial charge is 0.383 e. The van der Waals surface area contributed by atoms with Gasteiger partial charge in [-0.1, -0.05) is 12.1 Å². The fourth-order valence-electron chi connectivity index (χ4n) is 2.32. The number of halogens is 1. The Morgan fingerprint density at radius 2 is 1.48 bits per heavy atom. The van der Waals surface area contributed by atoms with E-state index in [9.17, 15) is 14.0 Å². The second-order valence-corrected chi connectivity index (χ2v) is 4.74. The highest BCUT2D eigenvalue weighted by Gasteiger charge is 2.34. The molecule has 0 fully saturated rings. The number of anilines is 1. The lowest BCUT2D eigenvalue weighted by molar-refractivity contribution is 0.0660. The third-order valence-corrected chi connectivity index (χ3v) is 3.39. The third kappa shape index (κ3) is 2.50. The summed E-state index contributed by atoms with van der Waals surface area (Å²) in [6, 6.07) is 12.7. The van der Waals surface area contributed by atoms with E-state index in [1.165, 1.54) is 17.0 Å². The Morgan fingerprint density at radius 1 is 0.905 bits per heavy atom. The van der Waals surface area contributed by atoms with E-state index in [1.807, 2.05) is 0 Å². The van der Waals surface area contributed by atoms with Crippen LogP contribution in [0.2, 0.25) is 0 Å². The van der Waals surface area contributed by atoms with Gasteiger partial charge in [-0.15, -0.1) is 0 Å². The summed E-state index contributed by atoms with van der Waals surface area (Å²) < 4.78 is 12.8. The van der Waals surface area contributed by atoms with E-state index in [4.69, 9.17) is 0 Å². The van der Waals surface area contributed by atoms with Crippen molar-refractivity contribution in [2.45, 2.75) is 0 Å². The maximum absolute atomic E-state index is 12.8. The molecule has 1 aliphatic heterocycles. The van der Waals surface area contributed by atoms with Gasteiger partial charge >= 0.3 is 0 Å². The van der Waals surface area contributed by atoms with Crippen molar-refractivity contribution in [3.8, 4) is 0 Å². The number of hydrogen-bond donors (Lipinski definition) is 1. The smallest absolute Gasteiger partial charge is 0.261 e. The molecule has 0 bridgehead atoms. The van der Waals surface area contributed by atoms with E-state index < -0.39 is 0 Å². The Balaban J connectivity index is 1.63. The Labute approximate surface area is 121 Å². The molecule has 1 N–H and O–H groups in total. The molecule has 0 aromatic heterocycles. The third-order valence-electron chi connectivity index (χ3n) is 3.39. The van der Waals surface area contributed by atoms with Crippen LogP contribution in [0.25, 0.3) is 0 Å². The molecule has 1 heterocycles. The van der Waals surface area contributed by atoms with Gasteiger partial charge in [0.1, 0.15) is 5.82 Å². The molecule has 0 aliphatic carbocycles. The van der Waals surface area contributed by atoms with Crippen LogP contribution < -0.4 is 5.32 Å². The Hall–Kier alpha value is -2.69. The van der Waals surface area contributed by atoms with Gasteiger partial charge in [0.25, 0.3) is 11.8 Å².